The lowest BCUT2D eigenvalue weighted by Crippen LogP contribution is -2.55. The number of carboxylic acids is 1. The van der Waals surface area contributed by atoms with E-state index in [4.69, 9.17) is 14.3 Å². The van der Waals surface area contributed by atoms with Crippen LogP contribution in [0.25, 0.3) is 0 Å². The van der Waals surface area contributed by atoms with Gasteiger partial charge in [0.2, 0.25) is 5.91 Å². The lowest BCUT2D eigenvalue weighted by Gasteiger charge is -2.32. The number of carbonyl (C=O) groups is 3. The van der Waals surface area contributed by atoms with Crippen molar-refractivity contribution in [1.29, 1.82) is 0 Å². The van der Waals surface area contributed by atoms with Crippen LogP contribution in [0.1, 0.15) is 5.76 Å². The summed E-state index contributed by atoms with van der Waals surface area (Å²) in [7, 11) is 0. The molecule has 0 spiro atoms. The monoisotopic (exact) mass is 311 g/mol. The van der Waals surface area contributed by atoms with Gasteiger partial charge in [0.05, 0.1) is 32.6 Å². The molecule has 2 heterocycles. The molecule has 120 valence electrons. The summed E-state index contributed by atoms with van der Waals surface area (Å²) >= 11 is 0. The zero-order chi connectivity index (χ0) is 15.9. The molecule has 9 nitrogen and oxygen atoms in total. The number of hydrogen-bond donors (Lipinski definition) is 3. The first kappa shape index (κ1) is 15.8. The highest BCUT2D eigenvalue weighted by Gasteiger charge is 2.32. The van der Waals surface area contributed by atoms with Crippen LogP contribution in [0, 0.1) is 0 Å². The number of hydrogen-bond acceptors (Lipinski definition) is 5. The fraction of sp³-hybridized carbons (Fsp3) is 0.462. The summed E-state index contributed by atoms with van der Waals surface area (Å²) in [5.41, 5.74) is 0. The number of amides is 3. The predicted octanol–water partition coefficient (Wildman–Crippen LogP) is -0.609. The highest BCUT2D eigenvalue weighted by atomic mass is 16.5. The van der Waals surface area contributed by atoms with Gasteiger partial charge >= 0.3 is 12.0 Å². The van der Waals surface area contributed by atoms with Crippen molar-refractivity contribution in [3.63, 3.8) is 0 Å². The first-order valence-corrected chi connectivity index (χ1v) is 6.72. The number of furan rings is 1. The van der Waals surface area contributed by atoms with Gasteiger partial charge in [-0.1, -0.05) is 0 Å². The van der Waals surface area contributed by atoms with Crippen LogP contribution < -0.4 is 10.6 Å². The van der Waals surface area contributed by atoms with E-state index in [1.165, 1.54) is 11.2 Å². The second kappa shape index (κ2) is 7.46. The van der Waals surface area contributed by atoms with Crippen LogP contribution in [0.15, 0.2) is 22.8 Å². The second-order valence-electron chi connectivity index (χ2n) is 4.63. The third kappa shape index (κ3) is 4.22. The predicted molar refractivity (Wildman–Crippen MR) is 72.9 cm³/mol. The van der Waals surface area contributed by atoms with Gasteiger partial charge in [-0.15, -0.1) is 0 Å². The molecule has 0 bridgehead atoms. The van der Waals surface area contributed by atoms with Gasteiger partial charge < -0.3 is 29.8 Å². The maximum atomic E-state index is 12.0. The maximum Gasteiger partial charge on any atom is 0.328 e. The first-order chi connectivity index (χ1) is 10.6. The zero-order valence-corrected chi connectivity index (χ0v) is 11.8. The van der Waals surface area contributed by atoms with Gasteiger partial charge in [-0.2, -0.15) is 0 Å². The van der Waals surface area contributed by atoms with E-state index in [0.717, 1.165) is 0 Å². The number of aliphatic carboxylic acids is 1. The molecule has 0 saturated carbocycles. The van der Waals surface area contributed by atoms with Crippen molar-refractivity contribution in [2.24, 2.45) is 0 Å². The standard InChI is InChI=1S/C13H17N3O6/c17-11(16-3-5-21-8-10(16)12(18)19)7-15-13(20)14-6-9-2-1-4-22-9/h1-2,4,10H,3,5-8H2,(H,18,19)(H2,14,15,20). The van der Waals surface area contributed by atoms with Crippen molar-refractivity contribution in [2.75, 3.05) is 26.3 Å². The molecule has 1 atom stereocenters. The van der Waals surface area contributed by atoms with E-state index in [1.807, 2.05) is 0 Å². The van der Waals surface area contributed by atoms with Gasteiger partial charge in [0.25, 0.3) is 0 Å². The number of carbonyl (C=O) groups excluding carboxylic acids is 2. The number of urea groups is 1. The fourth-order valence-electron chi connectivity index (χ4n) is 2.01. The van der Waals surface area contributed by atoms with Crippen LogP contribution in [0.3, 0.4) is 0 Å². The van der Waals surface area contributed by atoms with Crippen molar-refractivity contribution in [1.82, 2.24) is 15.5 Å². The second-order valence-corrected chi connectivity index (χ2v) is 4.63. The van der Waals surface area contributed by atoms with E-state index >= 15 is 0 Å². The summed E-state index contributed by atoms with van der Waals surface area (Å²) < 4.78 is 10.1. The number of ether oxygens (including phenoxy) is 1. The lowest BCUT2D eigenvalue weighted by molar-refractivity contribution is -0.157. The largest absolute Gasteiger partial charge is 0.480 e. The SMILES string of the molecule is O=C(NCC(=O)N1CCOCC1C(=O)O)NCc1ccco1. The topological polar surface area (TPSA) is 121 Å². The van der Waals surface area contributed by atoms with Crippen molar-refractivity contribution in [3.8, 4) is 0 Å². The number of morpholine rings is 1. The molecular weight excluding hydrogens is 294 g/mol. The molecule has 2 rings (SSSR count). The maximum absolute atomic E-state index is 12.0. The molecule has 1 aromatic rings. The van der Waals surface area contributed by atoms with E-state index in [2.05, 4.69) is 10.6 Å². The Kier molecular flexibility index (Phi) is 5.37. The number of nitrogens with one attached hydrogen (secondary N) is 2. The third-order valence-electron chi connectivity index (χ3n) is 3.14. The number of rotatable bonds is 5. The molecule has 22 heavy (non-hydrogen) atoms. The number of nitrogens with zero attached hydrogens (tertiary/aromatic N) is 1. The smallest absolute Gasteiger partial charge is 0.328 e. The van der Waals surface area contributed by atoms with E-state index < -0.39 is 23.9 Å². The zero-order valence-electron chi connectivity index (χ0n) is 11.8. The van der Waals surface area contributed by atoms with Gasteiger partial charge in [0.1, 0.15) is 5.76 Å². The highest BCUT2D eigenvalue weighted by Crippen LogP contribution is 2.07. The van der Waals surface area contributed by atoms with Crippen LogP contribution in [-0.4, -0.2) is 60.3 Å². The molecule has 1 fully saturated rings. The highest BCUT2D eigenvalue weighted by molar-refractivity contribution is 5.87. The van der Waals surface area contributed by atoms with Crippen molar-refractivity contribution < 1.29 is 28.6 Å². The van der Waals surface area contributed by atoms with Gasteiger partial charge in [0.15, 0.2) is 6.04 Å². The minimum atomic E-state index is -1.13. The molecule has 0 radical (unpaired) electrons. The van der Waals surface area contributed by atoms with E-state index in [1.54, 1.807) is 12.1 Å². The molecule has 0 aromatic carbocycles. The molecule has 3 N–H and O–H groups in total. The summed E-state index contributed by atoms with van der Waals surface area (Å²) in [6.45, 7) is 0.327. The normalized spacial score (nSPS) is 17.8. The van der Waals surface area contributed by atoms with Gasteiger partial charge in [-0.05, 0) is 12.1 Å². The van der Waals surface area contributed by atoms with Crippen molar-refractivity contribution in [2.45, 2.75) is 12.6 Å². The van der Waals surface area contributed by atoms with Crippen molar-refractivity contribution in [3.05, 3.63) is 24.2 Å². The Morgan fingerprint density at radius 1 is 1.36 bits per heavy atom. The Balaban J connectivity index is 1.76. The van der Waals surface area contributed by atoms with Gasteiger partial charge in [-0.3, -0.25) is 4.79 Å². The Morgan fingerprint density at radius 2 is 2.18 bits per heavy atom. The van der Waals surface area contributed by atoms with Crippen LogP contribution in [-0.2, 0) is 20.9 Å². The van der Waals surface area contributed by atoms with E-state index in [0.29, 0.717) is 5.76 Å². The fourth-order valence-corrected chi connectivity index (χ4v) is 2.01. The minimum absolute atomic E-state index is 0.0498. The third-order valence-corrected chi connectivity index (χ3v) is 3.14. The van der Waals surface area contributed by atoms with E-state index in [9.17, 15) is 14.4 Å². The summed E-state index contributed by atoms with van der Waals surface area (Å²) in [6, 6.07) is 1.85. The first-order valence-electron chi connectivity index (χ1n) is 6.72. The number of carboxylic acid groups (broad SMARTS) is 1. The summed E-state index contributed by atoms with van der Waals surface area (Å²) in [4.78, 5) is 35.8. The van der Waals surface area contributed by atoms with Crippen LogP contribution in [0.4, 0.5) is 4.79 Å². The quantitative estimate of drug-likeness (QED) is 0.667. The van der Waals surface area contributed by atoms with Gasteiger partial charge in [-0.25, -0.2) is 9.59 Å². The molecule has 1 aliphatic rings. The Bertz CT molecular complexity index is 530. The lowest BCUT2D eigenvalue weighted by atomic mass is 10.2. The molecular formula is C13H17N3O6. The Hall–Kier alpha value is -2.55. The average Bonchev–Trinajstić information content (AvgIpc) is 3.04. The Morgan fingerprint density at radius 3 is 2.86 bits per heavy atom. The Labute approximate surface area is 126 Å². The van der Waals surface area contributed by atoms with Gasteiger partial charge in [0, 0.05) is 6.54 Å². The molecule has 1 unspecified atom stereocenters. The molecule has 3 amide bonds. The molecule has 9 heteroatoms. The molecule has 0 aliphatic carbocycles. The summed E-state index contributed by atoms with van der Waals surface area (Å²) in [5, 5.41) is 13.9. The minimum Gasteiger partial charge on any atom is -0.480 e. The summed E-state index contributed by atoms with van der Waals surface area (Å²) in [5.74, 6) is -1.01. The van der Waals surface area contributed by atoms with Crippen molar-refractivity contribution >= 4 is 17.9 Å². The average molecular weight is 311 g/mol. The van der Waals surface area contributed by atoms with Crippen LogP contribution in [0.2, 0.25) is 0 Å². The molecule has 1 saturated heterocycles. The van der Waals surface area contributed by atoms with Crippen LogP contribution in [0.5, 0.6) is 0 Å². The summed E-state index contributed by atoms with van der Waals surface area (Å²) in [6.07, 6.45) is 1.49. The molecule has 1 aliphatic heterocycles. The van der Waals surface area contributed by atoms with E-state index in [-0.39, 0.29) is 32.8 Å². The molecule has 1 aromatic heterocycles. The van der Waals surface area contributed by atoms with Crippen LogP contribution >= 0.6 is 0 Å².